The third-order valence-corrected chi connectivity index (χ3v) is 4.35. The summed E-state index contributed by atoms with van der Waals surface area (Å²) in [6.07, 6.45) is 9.47. The highest BCUT2D eigenvalue weighted by Crippen LogP contribution is 2.42. The second-order valence-electron chi connectivity index (χ2n) is 6.28. The monoisotopic (exact) mass is 427 g/mol. The fourth-order valence-electron chi connectivity index (χ4n) is 2.98. The minimum Gasteiger partial charge on any atom is -0.480 e. The van der Waals surface area contributed by atoms with Crippen molar-refractivity contribution in [2.24, 2.45) is 4.99 Å². The summed E-state index contributed by atoms with van der Waals surface area (Å²) in [6, 6.07) is 12.8. The van der Waals surface area contributed by atoms with Crippen LogP contribution in [0.3, 0.4) is 0 Å². The van der Waals surface area contributed by atoms with E-state index in [1.165, 1.54) is 36.9 Å². The summed E-state index contributed by atoms with van der Waals surface area (Å²) < 4.78 is 22.2. The van der Waals surface area contributed by atoms with Gasteiger partial charge in [-0.1, -0.05) is 5.92 Å². The van der Waals surface area contributed by atoms with Gasteiger partial charge in [0, 0.05) is 23.9 Å². The first-order valence-corrected chi connectivity index (χ1v) is 9.15. The van der Waals surface area contributed by atoms with Gasteiger partial charge in [0.25, 0.3) is 5.69 Å². The van der Waals surface area contributed by atoms with Crippen LogP contribution in [0.15, 0.2) is 73.2 Å². The number of ether oxygens (including phenoxy) is 1. The Bertz CT molecular complexity index is 1370. The van der Waals surface area contributed by atoms with Crippen molar-refractivity contribution in [2.45, 2.75) is 0 Å². The van der Waals surface area contributed by atoms with Gasteiger partial charge in [0.15, 0.2) is 11.5 Å². The molecule has 3 aromatic heterocycles. The van der Waals surface area contributed by atoms with Crippen LogP contribution in [0.2, 0.25) is 0 Å². The molecule has 0 bridgehead atoms. The van der Waals surface area contributed by atoms with Crippen molar-refractivity contribution < 1.29 is 22.9 Å². The van der Waals surface area contributed by atoms with E-state index in [4.69, 9.17) is 24.4 Å². The van der Waals surface area contributed by atoms with Crippen LogP contribution in [0, 0.1) is 33.8 Å². The lowest BCUT2D eigenvalue weighted by atomic mass is 10.1. The lowest BCUT2D eigenvalue weighted by Gasteiger charge is -2.05. The second kappa shape index (κ2) is 8.78. The quantitative estimate of drug-likeness (QED) is 0.168. The number of furan rings is 3. The molecule has 4 rings (SSSR count). The fourth-order valence-corrected chi connectivity index (χ4v) is 2.98. The molecule has 0 fully saturated rings. The standard InChI is InChI=1S/C23H13N3O6/c1-2-9-29-18-8-7-16(26(27)28)12-15(18)14-25-23-17(13-24)21(19-5-3-10-30-19)22(32-23)20-6-4-11-31-20/h1,3-8,10-12,14H,9H2. The highest BCUT2D eigenvalue weighted by atomic mass is 16.6. The Morgan fingerprint density at radius 1 is 1.19 bits per heavy atom. The molecule has 0 spiro atoms. The summed E-state index contributed by atoms with van der Waals surface area (Å²) in [7, 11) is 0. The molecule has 0 saturated heterocycles. The molecular formula is C23H13N3O6. The summed E-state index contributed by atoms with van der Waals surface area (Å²) in [5, 5.41) is 21.0. The largest absolute Gasteiger partial charge is 0.480 e. The van der Waals surface area contributed by atoms with Gasteiger partial charge in [-0.15, -0.1) is 6.42 Å². The number of aliphatic imine (C=N–C) groups is 1. The van der Waals surface area contributed by atoms with E-state index in [0.717, 1.165) is 0 Å². The first kappa shape index (κ1) is 20.3. The number of rotatable bonds is 7. The number of non-ortho nitro benzene ring substituents is 1. The first-order chi connectivity index (χ1) is 15.6. The molecule has 32 heavy (non-hydrogen) atoms. The number of terminal acetylenes is 1. The van der Waals surface area contributed by atoms with Crippen LogP contribution >= 0.6 is 0 Å². The molecule has 0 atom stereocenters. The number of nitriles is 1. The van der Waals surface area contributed by atoms with Gasteiger partial charge < -0.3 is 18.0 Å². The molecule has 0 aliphatic carbocycles. The maximum absolute atomic E-state index is 11.2. The van der Waals surface area contributed by atoms with Crippen molar-refractivity contribution in [3.05, 3.63) is 76.2 Å². The smallest absolute Gasteiger partial charge is 0.270 e. The molecule has 0 aliphatic heterocycles. The van der Waals surface area contributed by atoms with Gasteiger partial charge >= 0.3 is 0 Å². The lowest BCUT2D eigenvalue weighted by Crippen LogP contribution is -1.99. The highest BCUT2D eigenvalue weighted by molar-refractivity contribution is 5.89. The Morgan fingerprint density at radius 3 is 2.56 bits per heavy atom. The van der Waals surface area contributed by atoms with Crippen LogP contribution < -0.4 is 4.74 Å². The molecule has 0 amide bonds. The SMILES string of the molecule is C#CCOc1ccc([N+](=O)[O-])cc1C=Nc1oc(-c2ccco2)c(-c2ccco2)c1C#N. The van der Waals surface area contributed by atoms with E-state index >= 15 is 0 Å². The van der Waals surface area contributed by atoms with E-state index in [1.807, 2.05) is 0 Å². The highest BCUT2D eigenvalue weighted by Gasteiger charge is 2.26. The molecule has 9 heteroatoms. The van der Waals surface area contributed by atoms with Gasteiger partial charge in [0.05, 0.1) is 23.0 Å². The van der Waals surface area contributed by atoms with Gasteiger partial charge in [0.1, 0.15) is 29.7 Å². The van der Waals surface area contributed by atoms with Crippen LogP contribution in [-0.4, -0.2) is 17.7 Å². The first-order valence-electron chi connectivity index (χ1n) is 9.15. The molecule has 3 heterocycles. The Balaban J connectivity index is 1.83. The van der Waals surface area contributed by atoms with Crippen molar-refractivity contribution in [1.82, 2.24) is 0 Å². The van der Waals surface area contributed by atoms with Crippen molar-refractivity contribution in [2.75, 3.05) is 6.61 Å². The van der Waals surface area contributed by atoms with Gasteiger partial charge in [-0.25, -0.2) is 4.99 Å². The number of benzene rings is 1. The Kier molecular flexibility index (Phi) is 5.56. The lowest BCUT2D eigenvalue weighted by molar-refractivity contribution is -0.384. The van der Waals surface area contributed by atoms with E-state index in [0.29, 0.717) is 22.8 Å². The molecule has 1 aromatic carbocycles. The fraction of sp³-hybridized carbons (Fsp3) is 0.0435. The van der Waals surface area contributed by atoms with E-state index in [-0.39, 0.29) is 35.1 Å². The average Bonchev–Trinajstić information content (AvgIpc) is 3.56. The predicted molar refractivity (Wildman–Crippen MR) is 114 cm³/mol. The zero-order chi connectivity index (χ0) is 22.5. The molecule has 0 unspecified atom stereocenters. The predicted octanol–water partition coefficient (Wildman–Crippen LogP) is 5.34. The summed E-state index contributed by atoms with van der Waals surface area (Å²) in [4.78, 5) is 14.9. The normalized spacial score (nSPS) is 10.7. The summed E-state index contributed by atoms with van der Waals surface area (Å²) >= 11 is 0. The van der Waals surface area contributed by atoms with E-state index < -0.39 is 4.92 Å². The number of nitro benzene ring substituents is 1. The molecule has 0 radical (unpaired) electrons. The zero-order valence-electron chi connectivity index (χ0n) is 16.3. The summed E-state index contributed by atoms with van der Waals surface area (Å²) in [5.41, 5.74) is 0.613. The number of hydrogen-bond donors (Lipinski definition) is 0. The van der Waals surface area contributed by atoms with E-state index in [1.54, 1.807) is 24.3 Å². The topological polar surface area (TPSA) is 128 Å². The van der Waals surface area contributed by atoms with Crippen molar-refractivity contribution in [3.63, 3.8) is 0 Å². The summed E-state index contributed by atoms with van der Waals surface area (Å²) in [5.74, 6) is 3.63. The van der Waals surface area contributed by atoms with Crippen LogP contribution in [-0.2, 0) is 0 Å². The third-order valence-electron chi connectivity index (χ3n) is 4.35. The number of nitro groups is 1. The van der Waals surface area contributed by atoms with Gasteiger partial charge in [-0.3, -0.25) is 10.1 Å². The van der Waals surface area contributed by atoms with Crippen molar-refractivity contribution in [1.29, 1.82) is 5.26 Å². The van der Waals surface area contributed by atoms with Crippen LogP contribution in [0.1, 0.15) is 11.1 Å². The Morgan fingerprint density at radius 2 is 1.94 bits per heavy atom. The minimum absolute atomic E-state index is 0.0281. The van der Waals surface area contributed by atoms with Gasteiger partial charge in [-0.2, -0.15) is 5.26 Å². The molecular weight excluding hydrogens is 414 g/mol. The minimum atomic E-state index is -0.542. The molecule has 4 aromatic rings. The van der Waals surface area contributed by atoms with Crippen molar-refractivity contribution in [3.8, 4) is 47.0 Å². The van der Waals surface area contributed by atoms with E-state index in [2.05, 4.69) is 17.0 Å². The molecule has 9 nitrogen and oxygen atoms in total. The van der Waals surface area contributed by atoms with Crippen LogP contribution in [0.4, 0.5) is 11.6 Å². The number of nitrogens with zero attached hydrogens (tertiary/aromatic N) is 3. The third kappa shape index (κ3) is 3.86. The second-order valence-corrected chi connectivity index (χ2v) is 6.28. The maximum Gasteiger partial charge on any atom is 0.270 e. The van der Waals surface area contributed by atoms with Gasteiger partial charge in [0.2, 0.25) is 5.88 Å². The Labute approximate surface area is 181 Å². The summed E-state index contributed by atoms with van der Waals surface area (Å²) in [6.45, 7) is -0.0336. The molecule has 0 N–H and O–H groups in total. The molecule has 156 valence electrons. The number of hydrogen-bond acceptors (Lipinski definition) is 8. The maximum atomic E-state index is 11.2. The van der Waals surface area contributed by atoms with Crippen LogP contribution in [0.5, 0.6) is 5.75 Å². The zero-order valence-corrected chi connectivity index (χ0v) is 16.3. The van der Waals surface area contributed by atoms with Crippen molar-refractivity contribution >= 4 is 17.8 Å². The van der Waals surface area contributed by atoms with Gasteiger partial charge in [-0.05, 0) is 30.3 Å². The average molecular weight is 427 g/mol. The van der Waals surface area contributed by atoms with Crippen LogP contribution in [0.25, 0.3) is 22.8 Å². The molecule has 0 saturated carbocycles. The molecule has 0 aliphatic rings. The Hall–Kier alpha value is -5.02. The van der Waals surface area contributed by atoms with E-state index in [9.17, 15) is 15.4 Å².